The molecule has 1 aliphatic heterocycles. The summed E-state index contributed by atoms with van der Waals surface area (Å²) in [6, 6.07) is 5.91. The predicted molar refractivity (Wildman–Crippen MR) is 79.6 cm³/mol. The van der Waals surface area contributed by atoms with Gasteiger partial charge >= 0.3 is 0 Å². The molecular formula is C16H25NO3. The Labute approximate surface area is 121 Å². The quantitative estimate of drug-likeness (QED) is 0.899. The van der Waals surface area contributed by atoms with Crippen LogP contribution in [-0.4, -0.2) is 33.5 Å². The van der Waals surface area contributed by atoms with E-state index in [9.17, 15) is 0 Å². The fourth-order valence-electron chi connectivity index (χ4n) is 3.10. The van der Waals surface area contributed by atoms with E-state index in [1.165, 1.54) is 6.42 Å². The van der Waals surface area contributed by atoms with Crippen molar-refractivity contribution in [3.8, 4) is 11.5 Å². The summed E-state index contributed by atoms with van der Waals surface area (Å²) in [5.74, 6) is 1.66. The molecule has 112 valence electrons. The van der Waals surface area contributed by atoms with Gasteiger partial charge in [0.05, 0.1) is 31.4 Å². The monoisotopic (exact) mass is 279 g/mol. The summed E-state index contributed by atoms with van der Waals surface area (Å²) >= 11 is 0. The van der Waals surface area contributed by atoms with Crippen molar-refractivity contribution in [1.82, 2.24) is 5.32 Å². The molecule has 2 unspecified atom stereocenters. The summed E-state index contributed by atoms with van der Waals surface area (Å²) in [6.07, 6.45) is 3.35. The summed E-state index contributed by atoms with van der Waals surface area (Å²) in [4.78, 5) is 0. The van der Waals surface area contributed by atoms with Gasteiger partial charge in [0.25, 0.3) is 0 Å². The lowest BCUT2D eigenvalue weighted by Crippen LogP contribution is -2.45. The van der Waals surface area contributed by atoms with E-state index in [2.05, 4.69) is 12.2 Å². The average Bonchev–Trinajstić information content (AvgIpc) is 2.48. The molecule has 2 atom stereocenters. The fourth-order valence-corrected chi connectivity index (χ4v) is 3.10. The molecule has 4 nitrogen and oxygen atoms in total. The van der Waals surface area contributed by atoms with Crippen LogP contribution in [0.1, 0.15) is 37.8 Å². The first-order valence-corrected chi connectivity index (χ1v) is 7.18. The van der Waals surface area contributed by atoms with Gasteiger partial charge in [-0.05, 0) is 45.4 Å². The van der Waals surface area contributed by atoms with E-state index < -0.39 is 0 Å². The van der Waals surface area contributed by atoms with Gasteiger partial charge in [0.15, 0.2) is 0 Å². The van der Waals surface area contributed by atoms with E-state index in [1.807, 2.05) is 25.2 Å². The van der Waals surface area contributed by atoms with Crippen LogP contribution in [0.4, 0.5) is 0 Å². The van der Waals surface area contributed by atoms with E-state index in [0.717, 1.165) is 36.5 Å². The molecule has 0 aromatic heterocycles. The van der Waals surface area contributed by atoms with Crippen molar-refractivity contribution in [1.29, 1.82) is 0 Å². The minimum Gasteiger partial charge on any atom is -0.496 e. The lowest BCUT2D eigenvalue weighted by molar-refractivity contribution is -0.0891. The number of nitrogens with one attached hydrogen (secondary N) is 1. The van der Waals surface area contributed by atoms with Crippen LogP contribution in [-0.2, 0) is 4.74 Å². The first-order chi connectivity index (χ1) is 9.66. The maximum atomic E-state index is 6.10. The Morgan fingerprint density at radius 3 is 2.30 bits per heavy atom. The van der Waals surface area contributed by atoms with Gasteiger partial charge in [-0.3, -0.25) is 0 Å². The van der Waals surface area contributed by atoms with Crippen LogP contribution in [0.3, 0.4) is 0 Å². The molecule has 4 heteroatoms. The Balaban J connectivity index is 2.45. The van der Waals surface area contributed by atoms with Crippen molar-refractivity contribution in [3.63, 3.8) is 0 Å². The second-order valence-corrected chi connectivity index (χ2v) is 5.42. The molecule has 1 N–H and O–H groups in total. The second-order valence-electron chi connectivity index (χ2n) is 5.42. The highest BCUT2D eigenvalue weighted by atomic mass is 16.5. The van der Waals surface area contributed by atoms with Gasteiger partial charge in [0.2, 0.25) is 0 Å². The van der Waals surface area contributed by atoms with Crippen LogP contribution in [0.2, 0.25) is 0 Å². The molecule has 0 spiro atoms. The maximum absolute atomic E-state index is 6.10. The van der Waals surface area contributed by atoms with E-state index in [4.69, 9.17) is 14.2 Å². The third-order valence-corrected chi connectivity index (χ3v) is 4.15. The third-order valence-electron chi connectivity index (χ3n) is 4.15. The van der Waals surface area contributed by atoms with E-state index in [1.54, 1.807) is 14.2 Å². The lowest BCUT2D eigenvalue weighted by Gasteiger charge is -2.41. The largest absolute Gasteiger partial charge is 0.496 e. The molecule has 0 saturated carbocycles. The molecule has 1 aromatic rings. The fraction of sp³-hybridized carbons (Fsp3) is 0.625. The van der Waals surface area contributed by atoms with Gasteiger partial charge in [-0.25, -0.2) is 0 Å². The van der Waals surface area contributed by atoms with Gasteiger partial charge in [0.1, 0.15) is 11.5 Å². The van der Waals surface area contributed by atoms with Crippen LogP contribution in [0.15, 0.2) is 18.2 Å². The molecular weight excluding hydrogens is 254 g/mol. The molecule has 0 aliphatic carbocycles. The highest BCUT2D eigenvalue weighted by Crippen LogP contribution is 2.43. The first-order valence-electron chi connectivity index (χ1n) is 7.18. The minimum atomic E-state index is -0.241. The Kier molecular flexibility index (Phi) is 4.89. The van der Waals surface area contributed by atoms with Crippen molar-refractivity contribution in [2.45, 2.75) is 37.8 Å². The molecule has 1 saturated heterocycles. The third kappa shape index (κ3) is 2.76. The van der Waals surface area contributed by atoms with Crippen molar-refractivity contribution >= 4 is 0 Å². The van der Waals surface area contributed by atoms with Gasteiger partial charge in [0, 0.05) is 6.61 Å². The topological polar surface area (TPSA) is 39.7 Å². The molecule has 2 rings (SSSR count). The molecule has 0 radical (unpaired) electrons. The van der Waals surface area contributed by atoms with Crippen LogP contribution < -0.4 is 14.8 Å². The summed E-state index contributed by atoms with van der Waals surface area (Å²) < 4.78 is 17.2. The van der Waals surface area contributed by atoms with Gasteiger partial charge in [-0.1, -0.05) is 6.07 Å². The Morgan fingerprint density at radius 2 is 1.85 bits per heavy atom. The minimum absolute atomic E-state index is 0.0360. The van der Waals surface area contributed by atoms with Crippen LogP contribution >= 0.6 is 0 Å². The molecule has 1 heterocycles. The zero-order valence-electron chi connectivity index (χ0n) is 12.9. The van der Waals surface area contributed by atoms with E-state index in [0.29, 0.717) is 0 Å². The molecule has 1 aromatic carbocycles. The van der Waals surface area contributed by atoms with Gasteiger partial charge in [-0.15, -0.1) is 0 Å². The summed E-state index contributed by atoms with van der Waals surface area (Å²) in [5, 5.41) is 3.39. The highest BCUT2D eigenvalue weighted by molar-refractivity contribution is 5.48. The van der Waals surface area contributed by atoms with E-state index >= 15 is 0 Å². The second kappa shape index (κ2) is 6.46. The van der Waals surface area contributed by atoms with Crippen molar-refractivity contribution in [3.05, 3.63) is 23.8 Å². The Hall–Kier alpha value is -1.26. The number of likely N-dealkylation sites (N-methyl/N-ethyl adjacent to an activating group) is 1. The smallest absolute Gasteiger partial charge is 0.127 e. The molecule has 0 amide bonds. The van der Waals surface area contributed by atoms with Gasteiger partial charge < -0.3 is 19.5 Å². The first kappa shape index (κ1) is 15.1. The highest BCUT2D eigenvalue weighted by Gasteiger charge is 2.39. The zero-order chi connectivity index (χ0) is 14.6. The summed E-state index contributed by atoms with van der Waals surface area (Å²) in [5.41, 5.74) is 0.791. The standard InChI is InChI=1S/C16H25NO3/c1-16(10-5-6-11-20-16)15(17-2)14-12(18-3)8-7-9-13(14)19-4/h7-9,15,17H,5-6,10-11H2,1-4H3. The number of rotatable bonds is 5. The lowest BCUT2D eigenvalue weighted by atomic mass is 9.83. The van der Waals surface area contributed by atoms with E-state index in [-0.39, 0.29) is 11.6 Å². The van der Waals surface area contributed by atoms with Gasteiger partial charge in [-0.2, -0.15) is 0 Å². The Bertz CT molecular complexity index is 419. The zero-order valence-corrected chi connectivity index (χ0v) is 12.9. The molecule has 1 aliphatic rings. The molecule has 0 bridgehead atoms. The SMILES string of the molecule is CNC(c1c(OC)cccc1OC)C1(C)CCCCO1. The number of hydrogen-bond donors (Lipinski definition) is 1. The number of benzene rings is 1. The summed E-state index contributed by atoms with van der Waals surface area (Å²) in [6.45, 7) is 2.98. The normalized spacial score (nSPS) is 24.2. The average molecular weight is 279 g/mol. The van der Waals surface area contributed by atoms with Crippen LogP contribution in [0.5, 0.6) is 11.5 Å². The molecule has 1 fully saturated rings. The molecule has 20 heavy (non-hydrogen) atoms. The number of hydrogen-bond acceptors (Lipinski definition) is 4. The van der Waals surface area contributed by atoms with Crippen LogP contribution in [0, 0.1) is 0 Å². The predicted octanol–water partition coefficient (Wildman–Crippen LogP) is 2.92. The van der Waals surface area contributed by atoms with Crippen molar-refractivity contribution in [2.24, 2.45) is 0 Å². The Morgan fingerprint density at radius 1 is 1.20 bits per heavy atom. The number of methoxy groups -OCH3 is 2. The van der Waals surface area contributed by atoms with Crippen LogP contribution in [0.25, 0.3) is 0 Å². The number of ether oxygens (including phenoxy) is 3. The van der Waals surface area contributed by atoms with Crippen molar-refractivity contribution in [2.75, 3.05) is 27.9 Å². The maximum Gasteiger partial charge on any atom is 0.127 e. The summed E-state index contributed by atoms with van der Waals surface area (Å²) in [7, 11) is 5.34. The van der Waals surface area contributed by atoms with Crippen molar-refractivity contribution < 1.29 is 14.2 Å².